The summed E-state index contributed by atoms with van der Waals surface area (Å²) >= 11 is 1.51. The average Bonchev–Trinajstić information content (AvgIpc) is 3.38. The van der Waals surface area contributed by atoms with E-state index in [-0.39, 0.29) is 11.9 Å². The van der Waals surface area contributed by atoms with Gasteiger partial charge in [-0.15, -0.1) is 11.3 Å². The van der Waals surface area contributed by atoms with Crippen LogP contribution in [0.3, 0.4) is 0 Å². The summed E-state index contributed by atoms with van der Waals surface area (Å²) in [5.41, 5.74) is 8.24. The lowest BCUT2D eigenvalue weighted by molar-refractivity contribution is 0.0722. The Morgan fingerprint density at radius 3 is 3.00 bits per heavy atom. The van der Waals surface area contributed by atoms with E-state index in [9.17, 15) is 4.79 Å². The Morgan fingerprint density at radius 1 is 1.35 bits per heavy atom. The summed E-state index contributed by atoms with van der Waals surface area (Å²) < 4.78 is 2.23. The molecule has 1 aliphatic heterocycles. The van der Waals surface area contributed by atoms with Gasteiger partial charge in [0.05, 0.1) is 22.1 Å². The maximum atomic E-state index is 13.1. The van der Waals surface area contributed by atoms with E-state index >= 15 is 0 Å². The van der Waals surface area contributed by atoms with Gasteiger partial charge in [0.2, 0.25) is 0 Å². The van der Waals surface area contributed by atoms with Crippen LogP contribution in [0.5, 0.6) is 0 Å². The first-order valence-electron chi connectivity index (χ1n) is 9.13. The minimum Gasteiger partial charge on any atom is -0.330 e. The molecule has 1 aliphatic rings. The molecule has 1 amide bonds. The Kier molecular flexibility index (Phi) is 4.74. The monoisotopic (exact) mass is 369 g/mol. The van der Waals surface area contributed by atoms with Gasteiger partial charge in [0.25, 0.3) is 5.91 Å². The topological polar surface area (TPSA) is 77.0 Å². The van der Waals surface area contributed by atoms with Gasteiger partial charge >= 0.3 is 0 Å². The molecule has 0 bridgehead atoms. The van der Waals surface area contributed by atoms with E-state index in [0.29, 0.717) is 18.7 Å². The zero-order chi connectivity index (χ0) is 18.1. The van der Waals surface area contributed by atoms with E-state index in [0.717, 1.165) is 47.8 Å². The van der Waals surface area contributed by atoms with E-state index in [4.69, 9.17) is 10.7 Å². The fourth-order valence-electron chi connectivity index (χ4n) is 3.75. The van der Waals surface area contributed by atoms with Crippen LogP contribution < -0.4 is 5.73 Å². The molecule has 3 heterocycles. The van der Waals surface area contributed by atoms with Crippen LogP contribution in [-0.4, -0.2) is 38.4 Å². The van der Waals surface area contributed by atoms with Crippen LogP contribution in [0.1, 0.15) is 47.1 Å². The lowest BCUT2D eigenvalue weighted by atomic mass is 10.2. The van der Waals surface area contributed by atoms with Crippen LogP contribution in [0.4, 0.5) is 0 Å². The number of aryl methyl sites for hydroxylation is 1. The van der Waals surface area contributed by atoms with Crippen LogP contribution in [0.2, 0.25) is 0 Å². The average molecular weight is 369 g/mol. The van der Waals surface area contributed by atoms with Crippen molar-refractivity contribution in [1.29, 1.82) is 0 Å². The number of nitrogens with two attached hydrogens (primary N) is 1. The molecule has 2 aromatic heterocycles. The van der Waals surface area contributed by atoms with Gasteiger partial charge in [0.15, 0.2) is 0 Å². The maximum absolute atomic E-state index is 13.1. The number of likely N-dealkylation sites (tertiary alicyclic amines) is 1. The molecule has 2 N–H and O–H groups in total. The predicted molar refractivity (Wildman–Crippen MR) is 103 cm³/mol. The third kappa shape index (κ3) is 2.91. The summed E-state index contributed by atoms with van der Waals surface area (Å²) in [5.74, 6) is 0.985. The number of fused-ring (bicyclic) bond motifs is 1. The Labute approximate surface area is 156 Å². The third-order valence-corrected chi connectivity index (χ3v) is 5.85. The highest BCUT2D eigenvalue weighted by Gasteiger charge is 2.34. The van der Waals surface area contributed by atoms with Crippen molar-refractivity contribution in [2.75, 3.05) is 13.1 Å². The Hall–Kier alpha value is -2.25. The van der Waals surface area contributed by atoms with Crippen molar-refractivity contribution in [2.45, 2.75) is 38.8 Å². The van der Waals surface area contributed by atoms with E-state index in [1.165, 1.54) is 11.3 Å². The molecule has 3 aromatic rings. The second kappa shape index (κ2) is 7.17. The largest absolute Gasteiger partial charge is 0.330 e. The Morgan fingerprint density at radius 2 is 2.19 bits per heavy atom. The molecule has 7 heteroatoms. The SMILES string of the molecule is CCn1c(C2CCCN2C(=O)c2csc(CCN)n2)nc2ccccc21. The lowest BCUT2D eigenvalue weighted by Crippen LogP contribution is -2.32. The zero-order valence-electron chi connectivity index (χ0n) is 14.9. The fourth-order valence-corrected chi connectivity index (χ4v) is 4.54. The number of rotatable bonds is 5. The highest BCUT2D eigenvalue weighted by atomic mass is 32.1. The van der Waals surface area contributed by atoms with E-state index in [2.05, 4.69) is 22.5 Å². The molecule has 0 saturated carbocycles. The summed E-state index contributed by atoms with van der Waals surface area (Å²) in [5, 5.41) is 2.78. The minimum absolute atomic E-state index is 0.00160. The van der Waals surface area contributed by atoms with Crippen LogP contribution in [0, 0.1) is 0 Å². The fraction of sp³-hybridized carbons (Fsp3) is 0.421. The molecule has 6 nitrogen and oxygen atoms in total. The molecule has 1 atom stereocenters. The number of hydrogen-bond donors (Lipinski definition) is 1. The molecule has 26 heavy (non-hydrogen) atoms. The number of carbonyl (C=O) groups is 1. The minimum atomic E-state index is 0.00160. The predicted octanol–water partition coefficient (Wildman–Crippen LogP) is 2.99. The van der Waals surface area contributed by atoms with Gasteiger partial charge in [-0.1, -0.05) is 12.1 Å². The van der Waals surface area contributed by atoms with E-state index < -0.39 is 0 Å². The number of carbonyl (C=O) groups excluding carboxylic acids is 1. The molecule has 1 aromatic carbocycles. The second-order valence-electron chi connectivity index (χ2n) is 6.52. The molecule has 4 rings (SSSR count). The van der Waals surface area contributed by atoms with Gasteiger partial charge in [-0.2, -0.15) is 0 Å². The molecular weight excluding hydrogens is 346 g/mol. The Bertz CT molecular complexity index is 931. The highest BCUT2D eigenvalue weighted by molar-refractivity contribution is 7.09. The van der Waals surface area contributed by atoms with Crippen LogP contribution >= 0.6 is 11.3 Å². The molecule has 0 aliphatic carbocycles. The summed E-state index contributed by atoms with van der Waals surface area (Å²) in [6.07, 6.45) is 2.64. The van der Waals surface area contributed by atoms with Crippen molar-refractivity contribution < 1.29 is 4.79 Å². The summed E-state index contributed by atoms with van der Waals surface area (Å²) in [6.45, 7) is 4.26. The van der Waals surface area contributed by atoms with Crippen LogP contribution in [0.25, 0.3) is 11.0 Å². The van der Waals surface area contributed by atoms with Crippen LogP contribution in [0.15, 0.2) is 29.6 Å². The van der Waals surface area contributed by atoms with Crippen LogP contribution in [-0.2, 0) is 13.0 Å². The van der Waals surface area contributed by atoms with Crippen molar-refractivity contribution in [2.24, 2.45) is 5.73 Å². The zero-order valence-corrected chi connectivity index (χ0v) is 15.7. The summed E-state index contributed by atoms with van der Waals surface area (Å²) in [7, 11) is 0. The summed E-state index contributed by atoms with van der Waals surface area (Å²) in [4.78, 5) is 24.3. The number of thiazole rings is 1. The molecule has 0 radical (unpaired) electrons. The maximum Gasteiger partial charge on any atom is 0.273 e. The standard InChI is InChI=1S/C19H23N5OS/c1-2-23-15-7-4-3-6-13(15)22-18(23)16-8-5-11-24(16)19(25)14-12-26-17(21-14)9-10-20/h3-4,6-7,12,16H,2,5,8-11,20H2,1H3. The molecule has 0 spiro atoms. The van der Waals surface area contributed by atoms with Gasteiger partial charge in [0.1, 0.15) is 11.5 Å². The summed E-state index contributed by atoms with van der Waals surface area (Å²) in [6, 6.07) is 8.17. The second-order valence-corrected chi connectivity index (χ2v) is 7.47. The first kappa shape index (κ1) is 17.2. The molecule has 1 fully saturated rings. The first-order valence-corrected chi connectivity index (χ1v) is 10.0. The molecule has 136 valence electrons. The number of para-hydroxylation sites is 2. The number of hydrogen-bond acceptors (Lipinski definition) is 5. The number of aromatic nitrogens is 3. The van der Waals surface area contributed by atoms with Gasteiger partial charge in [-0.05, 0) is 38.4 Å². The third-order valence-electron chi connectivity index (χ3n) is 4.94. The van der Waals surface area contributed by atoms with Crippen molar-refractivity contribution in [3.05, 3.63) is 46.2 Å². The first-order chi connectivity index (χ1) is 12.7. The number of imidazole rings is 1. The van der Waals surface area contributed by atoms with Gasteiger partial charge < -0.3 is 15.2 Å². The number of amides is 1. The quantitative estimate of drug-likeness (QED) is 0.750. The van der Waals surface area contributed by atoms with E-state index in [1.54, 1.807) is 0 Å². The van der Waals surface area contributed by atoms with Gasteiger partial charge in [-0.25, -0.2) is 9.97 Å². The van der Waals surface area contributed by atoms with Crippen molar-refractivity contribution in [3.63, 3.8) is 0 Å². The van der Waals surface area contributed by atoms with Crippen molar-refractivity contribution in [1.82, 2.24) is 19.4 Å². The molecule has 1 saturated heterocycles. The smallest absolute Gasteiger partial charge is 0.273 e. The lowest BCUT2D eigenvalue weighted by Gasteiger charge is -2.24. The molecular formula is C19H23N5OS. The van der Waals surface area contributed by atoms with E-state index in [1.807, 2.05) is 28.5 Å². The molecule has 1 unspecified atom stereocenters. The van der Waals surface area contributed by atoms with Gasteiger partial charge in [-0.3, -0.25) is 4.79 Å². The van der Waals surface area contributed by atoms with Crippen molar-refractivity contribution in [3.8, 4) is 0 Å². The number of nitrogens with zero attached hydrogens (tertiary/aromatic N) is 4. The normalized spacial score (nSPS) is 17.3. The van der Waals surface area contributed by atoms with Crippen molar-refractivity contribution >= 4 is 28.3 Å². The Balaban J connectivity index is 1.67. The van der Waals surface area contributed by atoms with Gasteiger partial charge in [0, 0.05) is 24.9 Å². The number of benzene rings is 1. The highest BCUT2D eigenvalue weighted by Crippen LogP contribution is 2.34.